The first kappa shape index (κ1) is 14.1. The minimum absolute atomic E-state index is 0.171. The maximum Gasteiger partial charge on any atom is 0.336 e. The molecule has 1 N–H and O–H groups in total. The molecular weight excluding hydrogens is 280 g/mol. The molecule has 0 spiro atoms. The Balaban J connectivity index is 2.32. The molecule has 3 rings (SSSR count). The monoisotopic (exact) mass is 294 g/mol. The van der Waals surface area contributed by atoms with E-state index in [0.29, 0.717) is 27.7 Å². The molecule has 0 aliphatic heterocycles. The second kappa shape index (κ2) is 5.48. The normalized spacial score (nSPS) is 10.8. The molecule has 4 heteroatoms. The Morgan fingerprint density at radius 2 is 1.95 bits per heavy atom. The quantitative estimate of drug-likeness (QED) is 0.733. The SMILES string of the molecule is CCc1cc2c(C=O)c(-c3ccccc3C(=O)O)ccc2o1. The summed E-state index contributed by atoms with van der Waals surface area (Å²) < 4.78 is 5.65. The number of carbonyl (C=O) groups is 2. The third-order valence-electron chi connectivity index (χ3n) is 3.71. The summed E-state index contributed by atoms with van der Waals surface area (Å²) in [6, 6.07) is 12.0. The highest BCUT2D eigenvalue weighted by Gasteiger charge is 2.17. The van der Waals surface area contributed by atoms with Gasteiger partial charge in [-0.25, -0.2) is 4.79 Å². The van der Waals surface area contributed by atoms with Crippen molar-refractivity contribution in [2.45, 2.75) is 13.3 Å². The third kappa shape index (κ3) is 2.19. The number of aromatic carboxylic acids is 1. The number of fused-ring (bicyclic) bond motifs is 1. The molecule has 0 aliphatic carbocycles. The van der Waals surface area contributed by atoms with E-state index in [9.17, 15) is 14.7 Å². The van der Waals surface area contributed by atoms with Crippen LogP contribution in [0.3, 0.4) is 0 Å². The Morgan fingerprint density at radius 1 is 1.18 bits per heavy atom. The fourth-order valence-electron chi connectivity index (χ4n) is 2.63. The fourth-order valence-corrected chi connectivity index (χ4v) is 2.63. The number of hydrogen-bond donors (Lipinski definition) is 1. The summed E-state index contributed by atoms with van der Waals surface area (Å²) in [4.78, 5) is 23.0. The summed E-state index contributed by atoms with van der Waals surface area (Å²) >= 11 is 0. The second-order valence-electron chi connectivity index (χ2n) is 4.97. The van der Waals surface area contributed by atoms with E-state index in [1.54, 1.807) is 30.3 Å². The van der Waals surface area contributed by atoms with Gasteiger partial charge in [0.05, 0.1) is 5.56 Å². The van der Waals surface area contributed by atoms with Crippen LogP contribution in [0.4, 0.5) is 0 Å². The zero-order chi connectivity index (χ0) is 15.7. The standard InChI is InChI=1S/C18H14O4/c1-2-11-9-15-16(10-19)13(7-8-17(15)22-11)12-5-3-4-6-14(12)18(20)21/h3-10H,2H2,1H3,(H,20,21). The topological polar surface area (TPSA) is 67.5 Å². The molecule has 0 bridgehead atoms. The summed E-state index contributed by atoms with van der Waals surface area (Å²) in [6.07, 6.45) is 1.49. The zero-order valence-electron chi connectivity index (χ0n) is 12.0. The first-order valence-corrected chi connectivity index (χ1v) is 6.99. The van der Waals surface area contributed by atoms with Gasteiger partial charge in [0, 0.05) is 17.4 Å². The van der Waals surface area contributed by atoms with Crippen LogP contribution in [0.1, 0.15) is 33.4 Å². The first-order valence-electron chi connectivity index (χ1n) is 6.99. The molecule has 0 radical (unpaired) electrons. The molecule has 2 aromatic carbocycles. The summed E-state index contributed by atoms with van der Waals surface area (Å²) in [5.41, 5.74) is 2.39. The summed E-state index contributed by atoms with van der Waals surface area (Å²) in [6.45, 7) is 1.97. The van der Waals surface area contributed by atoms with E-state index >= 15 is 0 Å². The van der Waals surface area contributed by atoms with Crippen LogP contribution in [0.15, 0.2) is 46.9 Å². The molecule has 0 amide bonds. The average molecular weight is 294 g/mol. The fraction of sp³-hybridized carbons (Fsp3) is 0.111. The Labute approximate surface area is 127 Å². The predicted molar refractivity (Wildman–Crippen MR) is 83.4 cm³/mol. The highest BCUT2D eigenvalue weighted by atomic mass is 16.4. The number of rotatable bonds is 4. The van der Waals surface area contributed by atoms with Gasteiger partial charge in [-0.15, -0.1) is 0 Å². The van der Waals surface area contributed by atoms with Crippen LogP contribution in [0.2, 0.25) is 0 Å². The van der Waals surface area contributed by atoms with Crippen LogP contribution >= 0.6 is 0 Å². The van der Waals surface area contributed by atoms with Crippen molar-refractivity contribution in [3.05, 3.63) is 59.4 Å². The molecule has 1 heterocycles. The van der Waals surface area contributed by atoms with Crippen LogP contribution in [-0.4, -0.2) is 17.4 Å². The number of hydrogen-bond acceptors (Lipinski definition) is 3. The van der Waals surface area contributed by atoms with E-state index in [1.165, 1.54) is 6.07 Å². The molecule has 0 saturated carbocycles. The van der Waals surface area contributed by atoms with E-state index < -0.39 is 5.97 Å². The van der Waals surface area contributed by atoms with Gasteiger partial charge in [-0.1, -0.05) is 25.1 Å². The maximum absolute atomic E-state index is 11.6. The number of benzene rings is 2. The van der Waals surface area contributed by atoms with Crippen molar-refractivity contribution in [1.29, 1.82) is 0 Å². The predicted octanol–water partition coefficient (Wildman–Crippen LogP) is 4.17. The molecule has 110 valence electrons. The van der Waals surface area contributed by atoms with Gasteiger partial charge in [-0.3, -0.25) is 4.79 Å². The van der Waals surface area contributed by atoms with Crippen LogP contribution in [-0.2, 0) is 6.42 Å². The maximum atomic E-state index is 11.6. The first-order chi connectivity index (χ1) is 10.7. The van der Waals surface area contributed by atoms with Crippen LogP contribution in [0.25, 0.3) is 22.1 Å². The Kier molecular flexibility index (Phi) is 3.51. The Bertz CT molecular complexity index is 874. The highest BCUT2D eigenvalue weighted by Crippen LogP contribution is 2.33. The van der Waals surface area contributed by atoms with Gasteiger partial charge in [-0.05, 0) is 35.4 Å². The molecule has 0 unspecified atom stereocenters. The number of carboxylic acids is 1. The number of carbonyl (C=O) groups excluding carboxylic acids is 1. The van der Waals surface area contributed by atoms with Crippen LogP contribution in [0, 0.1) is 0 Å². The molecule has 0 saturated heterocycles. The van der Waals surface area contributed by atoms with Gasteiger partial charge in [0.25, 0.3) is 0 Å². The lowest BCUT2D eigenvalue weighted by molar-refractivity contribution is 0.0697. The van der Waals surface area contributed by atoms with E-state index in [1.807, 2.05) is 13.0 Å². The van der Waals surface area contributed by atoms with Gasteiger partial charge in [0.2, 0.25) is 0 Å². The molecule has 22 heavy (non-hydrogen) atoms. The van der Waals surface area contributed by atoms with Crippen molar-refractivity contribution < 1.29 is 19.1 Å². The van der Waals surface area contributed by atoms with Gasteiger partial charge in [0.15, 0.2) is 6.29 Å². The smallest absolute Gasteiger partial charge is 0.336 e. The van der Waals surface area contributed by atoms with E-state index in [2.05, 4.69) is 0 Å². The van der Waals surface area contributed by atoms with Crippen LogP contribution in [0.5, 0.6) is 0 Å². The Hall–Kier alpha value is -2.88. The minimum Gasteiger partial charge on any atom is -0.478 e. The lowest BCUT2D eigenvalue weighted by Crippen LogP contribution is -2.00. The summed E-state index contributed by atoms with van der Waals surface area (Å²) in [5, 5.41) is 10.1. The lowest BCUT2D eigenvalue weighted by Gasteiger charge is -2.09. The number of carboxylic acid groups (broad SMARTS) is 1. The number of aryl methyl sites for hydroxylation is 1. The molecule has 1 aromatic heterocycles. The minimum atomic E-state index is -1.02. The second-order valence-corrected chi connectivity index (χ2v) is 4.97. The van der Waals surface area contributed by atoms with Gasteiger partial charge < -0.3 is 9.52 Å². The number of aldehydes is 1. The summed E-state index contributed by atoms with van der Waals surface area (Å²) in [5.74, 6) is -0.226. The van der Waals surface area contributed by atoms with Crippen molar-refractivity contribution in [2.75, 3.05) is 0 Å². The molecule has 0 fully saturated rings. The Morgan fingerprint density at radius 3 is 2.64 bits per heavy atom. The van der Waals surface area contributed by atoms with Crippen molar-refractivity contribution in [3.63, 3.8) is 0 Å². The van der Waals surface area contributed by atoms with E-state index in [0.717, 1.165) is 18.5 Å². The highest BCUT2D eigenvalue weighted by molar-refractivity contribution is 6.06. The van der Waals surface area contributed by atoms with Gasteiger partial charge in [0.1, 0.15) is 11.3 Å². The molecule has 0 aliphatic rings. The van der Waals surface area contributed by atoms with Crippen molar-refractivity contribution >= 4 is 23.2 Å². The van der Waals surface area contributed by atoms with Gasteiger partial charge in [-0.2, -0.15) is 0 Å². The largest absolute Gasteiger partial charge is 0.478 e. The molecule has 3 aromatic rings. The lowest BCUT2D eigenvalue weighted by atomic mass is 9.94. The summed E-state index contributed by atoms with van der Waals surface area (Å²) in [7, 11) is 0. The van der Waals surface area contributed by atoms with E-state index in [4.69, 9.17) is 4.42 Å². The third-order valence-corrected chi connectivity index (χ3v) is 3.71. The zero-order valence-corrected chi connectivity index (χ0v) is 12.0. The molecule has 4 nitrogen and oxygen atoms in total. The van der Waals surface area contributed by atoms with E-state index in [-0.39, 0.29) is 5.56 Å². The molecular formula is C18H14O4. The van der Waals surface area contributed by atoms with Crippen molar-refractivity contribution in [1.82, 2.24) is 0 Å². The average Bonchev–Trinajstić information content (AvgIpc) is 2.97. The van der Waals surface area contributed by atoms with Crippen LogP contribution < -0.4 is 0 Å². The van der Waals surface area contributed by atoms with Gasteiger partial charge >= 0.3 is 5.97 Å². The molecule has 0 atom stereocenters. The number of furan rings is 1. The van der Waals surface area contributed by atoms with Crippen molar-refractivity contribution in [3.8, 4) is 11.1 Å². The van der Waals surface area contributed by atoms with Crippen molar-refractivity contribution in [2.24, 2.45) is 0 Å².